The molecule has 0 saturated heterocycles. The van der Waals surface area contributed by atoms with Crippen molar-refractivity contribution < 1.29 is 14.9 Å². The van der Waals surface area contributed by atoms with Crippen LogP contribution >= 0.6 is 0 Å². The van der Waals surface area contributed by atoms with Gasteiger partial charge in [-0.25, -0.2) is 0 Å². The molecule has 1 aliphatic carbocycles. The lowest BCUT2D eigenvalue weighted by molar-refractivity contribution is -0.00919. The molecule has 0 unspecified atom stereocenters. The largest absolute Gasteiger partial charge is 0.507 e. The molecule has 2 aliphatic rings. The topological polar surface area (TPSA) is 49.7 Å². The summed E-state index contributed by atoms with van der Waals surface area (Å²) in [6.45, 7) is 8.26. The maximum absolute atomic E-state index is 10.6. The molecule has 0 bridgehead atoms. The fraction of sp³-hybridized carbons (Fsp3) is 0.579. The van der Waals surface area contributed by atoms with Crippen LogP contribution in [0.1, 0.15) is 57.6 Å². The maximum Gasteiger partial charge on any atom is 0.127 e. The molecule has 3 atom stereocenters. The van der Waals surface area contributed by atoms with Crippen LogP contribution in [0.25, 0.3) is 0 Å². The van der Waals surface area contributed by atoms with E-state index < -0.39 is 6.10 Å². The Morgan fingerprint density at radius 3 is 2.73 bits per heavy atom. The zero-order valence-electron chi connectivity index (χ0n) is 13.9. The number of benzene rings is 1. The minimum atomic E-state index is -0.410. The van der Waals surface area contributed by atoms with Gasteiger partial charge in [-0.2, -0.15) is 0 Å². The third-order valence-electron chi connectivity index (χ3n) is 5.20. The number of phenolic OH excluding ortho intramolecular Hbond substituents is 1. The van der Waals surface area contributed by atoms with Gasteiger partial charge in [0.25, 0.3) is 0 Å². The lowest BCUT2D eigenvalue weighted by Crippen LogP contribution is -2.47. The van der Waals surface area contributed by atoms with Crippen LogP contribution in [-0.2, 0) is 6.42 Å². The number of aromatic hydroxyl groups is 1. The molecule has 3 rings (SSSR count). The number of allylic oxidation sites excluding steroid dienone is 1. The lowest BCUT2D eigenvalue weighted by atomic mass is 9.67. The Kier molecular flexibility index (Phi) is 3.72. The fourth-order valence-corrected chi connectivity index (χ4v) is 3.96. The quantitative estimate of drug-likeness (QED) is 0.814. The molecule has 0 spiro atoms. The van der Waals surface area contributed by atoms with E-state index in [-0.39, 0.29) is 17.4 Å². The molecule has 120 valence electrons. The van der Waals surface area contributed by atoms with E-state index in [0.29, 0.717) is 12.2 Å². The standard InChI is InChI=1S/C19H26O3/c1-5-6-12-8-16(21)18-13-7-11(2)15(20)10-14(13)19(3,4)22-17(18)9-12/h7-9,13-15,20-21H,5-6,10H2,1-4H3/t13-,14-,15-/m1/s1. The number of hydrogen-bond donors (Lipinski definition) is 2. The van der Waals surface area contributed by atoms with E-state index in [0.717, 1.165) is 35.3 Å². The van der Waals surface area contributed by atoms with Gasteiger partial charge in [-0.15, -0.1) is 0 Å². The smallest absolute Gasteiger partial charge is 0.127 e. The summed E-state index contributed by atoms with van der Waals surface area (Å²) in [7, 11) is 0. The lowest BCUT2D eigenvalue weighted by Gasteiger charge is -2.47. The SMILES string of the molecule is CCCc1cc(O)c2c(c1)OC(C)(C)[C@@H]1C[C@@H](O)C(C)=C[C@@H]21. The van der Waals surface area contributed by atoms with Crippen LogP contribution in [0.2, 0.25) is 0 Å². The Labute approximate surface area is 132 Å². The molecule has 0 fully saturated rings. The number of aliphatic hydroxyl groups is 1. The van der Waals surface area contributed by atoms with Crippen molar-refractivity contribution in [1.82, 2.24) is 0 Å². The van der Waals surface area contributed by atoms with Crippen molar-refractivity contribution in [3.05, 3.63) is 34.9 Å². The number of aryl methyl sites for hydroxylation is 1. The summed E-state index contributed by atoms with van der Waals surface area (Å²) < 4.78 is 6.24. The molecule has 1 aromatic carbocycles. The van der Waals surface area contributed by atoms with Gasteiger partial charge in [0, 0.05) is 17.4 Å². The summed E-state index contributed by atoms with van der Waals surface area (Å²) in [6, 6.07) is 3.94. The summed E-state index contributed by atoms with van der Waals surface area (Å²) in [6.07, 6.45) is 4.36. The molecule has 22 heavy (non-hydrogen) atoms. The number of fused-ring (bicyclic) bond motifs is 3. The second-order valence-corrected chi connectivity index (χ2v) is 7.28. The second-order valence-electron chi connectivity index (χ2n) is 7.28. The predicted octanol–water partition coefficient (Wildman–Crippen LogP) is 3.93. The van der Waals surface area contributed by atoms with Crippen LogP contribution in [0, 0.1) is 5.92 Å². The molecule has 0 radical (unpaired) electrons. The number of rotatable bonds is 2. The van der Waals surface area contributed by atoms with Crippen molar-refractivity contribution in [3.8, 4) is 11.5 Å². The summed E-state index contributed by atoms with van der Waals surface area (Å²) in [5.41, 5.74) is 2.63. The van der Waals surface area contributed by atoms with Crippen LogP contribution < -0.4 is 4.74 Å². The first-order valence-corrected chi connectivity index (χ1v) is 8.24. The van der Waals surface area contributed by atoms with Gasteiger partial charge in [-0.1, -0.05) is 19.4 Å². The highest BCUT2D eigenvalue weighted by atomic mass is 16.5. The second kappa shape index (κ2) is 5.31. The Morgan fingerprint density at radius 2 is 2.05 bits per heavy atom. The predicted molar refractivity (Wildman–Crippen MR) is 87.4 cm³/mol. The minimum Gasteiger partial charge on any atom is -0.507 e. The molecule has 2 N–H and O–H groups in total. The first kappa shape index (κ1) is 15.4. The first-order chi connectivity index (χ1) is 10.3. The molecule has 0 aromatic heterocycles. The highest BCUT2D eigenvalue weighted by molar-refractivity contribution is 5.54. The molecule has 1 aliphatic heterocycles. The zero-order chi connectivity index (χ0) is 16.1. The molecule has 0 amide bonds. The van der Waals surface area contributed by atoms with Crippen molar-refractivity contribution >= 4 is 0 Å². The van der Waals surface area contributed by atoms with Gasteiger partial charge in [0.2, 0.25) is 0 Å². The van der Waals surface area contributed by atoms with E-state index >= 15 is 0 Å². The van der Waals surface area contributed by atoms with E-state index in [9.17, 15) is 10.2 Å². The van der Waals surface area contributed by atoms with Crippen LogP contribution in [0.15, 0.2) is 23.8 Å². The normalized spacial score (nSPS) is 29.1. The highest BCUT2D eigenvalue weighted by Gasteiger charge is 2.47. The third kappa shape index (κ3) is 2.41. The summed E-state index contributed by atoms with van der Waals surface area (Å²) in [5, 5.41) is 20.7. The van der Waals surface area contributed by atoms with Crippen molar-refractivity contribution in [1.29, 1.82) is 0 Å². The van der Waals surface area contributed by atoms with Gasteiger partial charge in [0.15, 0.2) is 0 Å². The molecular weight excluding hydrogens is 276 g/mol. The minimum absolute atomic E-state index is 0.109. The van der Waals surface area contributed by atoms with Crippen LogP contribution in [0.5, 0.6) is 11.5 Å². The number of aliphatic hydroxyl groups excluding tert-OH is 1. The maximum atomic E-state index is 10.6. The van der Waals surface area contributed by atoms with Crippen molar-refractivity contribution in [3.63, 3.8) is 0 Å². The van der Waals surface area contributed by atoms with E-state index in [4.69, 9.17) is 4.74 Å². The van der Waals surface area contributed by atoms with Crippen molar-refractivity contribution in [2.75, 3.05) is 0 Å². The van der Waals surface area contributed by atoms with E-state index in [1.807, 2.05) is 13.0 Å². The monoisotopic (exact) mass is 302 g/mol. The Hall–Kier alpha value is -1.48. The van der Waals surface area contributed by atoms with E-state index in [1.165, 1.54) is 0 Å². The van der Waals surface area contributed by atoms with Gasteiger partial charge in [0.1, 0.15) is 17.1 Å². The van der Waals surface area contributed by atoms with Gasteiger partial charge >= 0.3 is 0 Å². The van der Waals surface area contributed by atoms with Gasteiger partial charge in [-0.05, 0) is 56.9 Å². The van der Waals surface area contributed by atoms with Crippen molar-refractivity contribution in [2.24, 2.45) is 5.92 Å². The van der Waals surface area contributed by atoms with E-state index in [2.05, 4.69) is 32.9 Å². The van der Waals surface area contributed by atoms with Crippen LogP contribution in [-0.4, -0.2) is 21.9 Å². The first-order valence-electron chi connectivity index (χ1n) is 8.24. The Morgan fingerprint density at radius 1 is 1.32 bits per heavy atom. The molecule has 1 aromatic rings. The third-order valence-corrected chi connectivity index (χ3v) is 5.20. The molecule has 3 nitrogen and oxygen atoms in total. The summed E-state index contributed by atoms with van der Waals surface area (Å²) >= 11 is 0. The molecule has 3 heteroatoms. The van der Waals surface area contributed by atoms with Crippen molar-refractivity contribution in [2.45, 2.75) is 64.6 Å². The van der Waals surface area contributed by atoms with Crippen LogP contribution in [0.4, 0.5) is 0 Å². The Bertz CT molecular complexity index is 615. The average Bonchev–Trinajstić information content (AvgIpc) is 2.40. The molecule has 1 heterocycles. The zero-order valence-corrected chi connectivity index (χ0v) is 13.9. The summed E-state index contributed by atoms with van der Waals surface area (Å²) in [5.74, 6) is 1.40. The Balaban J connectivity index is 2.14. The van der Waals surface area contributed by atoms with Gasteiger partial charge in [-0.3, -0.25) is 0 Å². The molecule has 0 saturated carbocycles. The molecular formula is C19H26O3. The highest BCUT2D eigenvalue weighted by Crippen LogP contribution is 2.53. The fourth-order valence-electron chi connectivity index (χ4n) is 3.96. The van der Waals surface area contributed by atoms with Gasteiger partial charge in [0.05, 0.1) is 6.10 Å². The van der Waals surface area contributed by atoms with Crippen LogP contribution in [0.3, 0.4) is 0 Å². The van der Waals surface area contributed by atoms with E-state index in [1.54, 1.807) is 0 Å². The number of hydrogen-bond acceptors (Lipinski definition) is 3. The number of phenols is 1. The average molecular weight is 302 g/mol. The summed E-state index contributed by atoms with van der Waals surface area (Å²) in [4.78, 5) is 0. The number of ether oxygens (including phenoxy) is 1. The van der Waals surface area contributed by atoms with Gasteiger partial charge < -0.3 is 14.9 Å².